The maximum Gasteiger partial charge on any atom is 0.0883 e. The number of nitrogens with zero attached hydrogens (tertiary/aromatic N) is 1. The molecule has 0 spiro atoms. The second-order valence-corrected chi connectivity index (χ2v) is 10.4. The number of unbranched alkanes of at least 4 members (excludes halogenated alkanes) is 19. The van der Waals surface area contributed by atoms with E-state index in [-0.39, 0.29) is 4.65 Å². The van der Waals surface area contributed by atoms with Crippen molar-refractivity contribution < 1.29 is 4.65 Å². The van der Waals surface area contributed by atoms with Crippen molar-refractivity contribution in [3.05, 3.63) is 5.21 Å². The van der Waals surface area contributed by atoms with Gasteiger partial charge >= 0.3 is 0 Å². The van der Waals surface area contributed by atoms with Crippen molar-refractivity contribution in [3.8, 4) is 0 Å². The van der Waals surface area contributed by atoms with Gasteiger partial charge < -0.3 is 9.85 Å². The van der Waals surface area contributed by atoms with Crippen LogP contribution in [0.1, 0.15) is 162 Å². The first kappa shape index (κ1) is 29.9. The van der Waals surface area contributed by atoms with Crippen LogP contribution in [0.15, 0.2) is 0 Å². The molecule has 0 amide bonds. The third-order valence-electron chi connectivity index (χ3n) is 6.91. The zero-order valence-electron chi connectivity index (χ0n) is 21.7. The topological polar surface area (TPSA) is 23.1 Å². The van der Waals surface area contributed by atoms with Gasteiger partial charge in [-0.3, -0.25) is 0 Å². The monoisotopic (exact) mass is 425 g/mol. The van der Waals surface area contributed by atoms with E-state index < -0.39 is 0 Å². The molecule has 0 aromatic rings. The summed E-state index contributed by atoms with van der Waals surface area (Å²) in [6.45, 7) is 4.57. The van der Waals surface area contributed by atoms with E-state index in [9.17, 15) is 5.21 Å². The highest BCUT2D eigenvalue weighted by Gasteiger charge is 2.19. The molecule has 1 atom stereocenters. The normalized spacial score (nSPS) is 13.1. The van der Waals surface area contributed by atoms with Crippen molar-refractivity contribution in [3.63, 3.8) is 0 Å². The molecule has 30 heavy (non-hydrogen) atoms. The van der Waals surface area contributed by atoms with Gasteiger partial charge in [0, 0.05) is 0 Å². The van der Waals surface area contributed by atoms with Gasteiger partial charge in [0.15, 0.2) is 0 Å². The highest BCUT2D eigenvalue weighted by Crippen LogP contribution is 2.21. The molecule has 0 aliphatic carbocycles. The quantitative estimate of drug-likeness (QED) is 0.0856. The second-order valence-electron chi connectivity index (χ2n) is 10.4. The van der Waals surface area contributed by atoms with Gasteiger partial charge in [-0.1, -0.05) is 136 Å². The van der Waals surface area contributed by atoms with Crippen molar-refractivity contribution in [2.24, 2.45) is 0 Å². The Morgan fingerprint density at radius 2 is 0.667 bits per heavy atom. The molecule has 2 heteroatoms. The molecule has 0 bridgehead atoms. The van der Waals surface area contributed by atoms with Crippen LogP contribution in [0.3, 0.4) is 0 Å². The van der Waals surface area contributed by atoms with Crippen LogP contribution in [-0.2, 0) is 0 Å². The van der Waals surface area contributed by atoms with Crippen LogP contribution >= 0.6 is 0 Å². The molecule has 0 saturated heterocycles. The average molecular weight is 426 g/mol. The molecule has 0 fully saturated rings. The second kappa shape index (κ2) is 22.1. The lowest BCUT2D eigenvalue weighted by Crippen LogP contribution is -2.43. The van der Waals surface area contributed by atoms with Crippen LogP contribution in [-0.4, -0.2) is 24.8 Å². The number of quaternary nitrogens is 1. The minimum absolute atomic E-state index is 0.0881. The zero-order valence-corrected chi connectivity index (χ0v) is 21.7. The fourth-order valence-corrected chi connectivity index (χ4v) is 4.68. The van der Waals surface area contributed by atoms with E-state index in [2.05, 4.69) is 13.8 Å². The number of hydrogen-bond acceptors (Lipinski definition) is 1. The molecule has 0 heterocycles. The molecular formula is C28H59NO. The van der Waals surface area contributed by atoms with Gasteiger partial charge in [-0.25, -0.2) is 0 Å². The Bertz CT molecular complexity index is 323. The summed E-state index contributed by atoms with van der Waals surface area (Å²) in [5, 5.41) is 12.5. The molecule has 0 aromatic carbocycles. The van der Waals surface area contributed by atoms with E-state index >= 15 is 0 Å². The highest BCUT2D eigenvalue weighted by molar-refractivity contribution is 4.61. The minimum atomic E-state index is -0.0881. The number of hydrogen-bond donors (Lipinski definition) is 0. The van der Waals surface area contributed by atoms with Gasteiger partial charge in [-0.2, -0.15) is 0 Å². The Balaban J connectivity index is 3.59. The molecule has 0 aliphatic rings. The lowest BCUT2D eigenvalue weighted by molar-refractivity contribution is -0.867. The molecule has 182 valence electrons. The fourth-order valence-electron chi connectivity index (χ4n) is 4.68. The first-order valence-electron chi connectivity index (χ1n) is 14.1. The lowest BCUT2D eigenvalue weighted by Gasteiger charge is -2.42. The van der Waals surface area contributed by atoms with E-state index in [1.165, 1.54) is 135 Å². The van der Waals surface area contributed by atoms with Crippen LogP contribution in [0, 0.1) is 5.21 Å². The molecule has 0 aliphatic heterocycles. The predicted octanol–water partition coefficient (Wildman–Crippen LogP) is 9.94. The molecule has 2 nitrogen and oxygen atoms in total. The fraction of sp³-hybridized carbons (Fsp3) is 1.00. The maximum absolute atomic E-state index is 12.5. The van der Waals surface area contributed by atoms with Gasteiger partial charge in [-0.05, 0) is 25.7 Å². The minimum Gasteiger partial charge on any atom is -0.633 e. The van der Waals surface area contributed by atoms with Gasteiger partial charge in [0.1, 0.15) is 0 Å². The molecular weight excluding hydrogens is 366 g/mol. The number of hydroxylamine groups is 3. The van der Waals surface area contributed by atoms with Crippen LogP contribution in [0.5, 0.6) is 0 Å². The van der Waals surface area contributed by atoms with Crippen LogP contribution in [0.25, 0.3) is 0 Å². The van der Waals surface area contributed by atoms with E-state index in [1.54, 1.807) is 0 Å². The highest BCUT2D eigenvalue weighted by atomic mass is 16.5. The molecule has 0 rings (SSSR count). The first-order valence-corrected chi connectivity index (χ1v) is 14.1. The lowest BCUT2D eigenvalue weighted by atomic mass is 9.98. The largest absolute Gasteiger partial charge is 0.633 e. The van der Waals surface area contributed by atoms with Gasteiger partial charge in [0.05, 0.1) is 20.1 Å². The summed E-state index contributed by atoms with van der Waals surface area (Å²) in [6.07, 6.45) is 31.3. The van der Waals surface area contributed by atoms with Crippen molar-refractivity contribution in [1.29, 1.82) is 0 Å². The summed E-state index contributed by atoms with van der Waals surface area (Å²) in [6, 6.07) is 0.317. The molecule has 0 saturated carbocycles. The summed E-state index contributed by atoms with van der Waals surface area (Å²) in [4.78, 5) is 0. The smallest absolute Gasteiger partial charge is 0.0883 e. The van der Waals surface area contributed by atoms with Crippen LogP contribution < -0.4 is 0 Å². The maximum atomic E-state index is 12.5. The van der Waals surface area contributed by atoms with E-state index in [1.807, 2.05) is 14.1 Å². The van der Waals surface area contributed by atoms with E-state index in [0.29, 0.717) is 6.04 Å². The van der Waals surface area contributed by atoms with Crippen molar-refractivity contribution in [2.45, 2.75) is 168 Å². The standard InChI is InChI=1S/C28H59NO/c1-5-7-9-11-13-15-17-19-21-23-25-27-28(29(3,4)30)26-24-22-20-18-16-14-12-10-8-6-2/h28H,5-27H2,1-4H3. The van der Waals surface area contributed by atoms with Gasteiger partial charge in [0.2, 0.25) is 0 Å². The molecule has 1 unspecified atom stereocenters. The molecule has 0 radical (unpaired) electrons. The Kier molecular flexibility index (Phi) is 22.1. The molecule has 0 aromatic heterocycles. The Hall–Kier alpha value is -0.0800. The van der Waals surface area contributed by atoms with Crippen molar-refractivity contribution in [2.75, 3.05) is 14.1 Å². The Labute approximate surface area is 191 Å². The summed E-state index contributed by atoms with van der Waals surface area (Å²) < 4.78 is -0.0881. The van der Waals surface area contributed by atoms with Gasteiger partial charge in [0.25, 0.3) is 0 Å². The van der Waals surface area contributed by atoms with Crippen LogP contribution in [0.2, 0.25) is 0 Å². The summed E-state index contributed by atoms with van der Waals surface area (Å²) in [5.41, 5.74) is 0. The number of rotatable bonds is 24. The summed E-state index contributed by atoms with van der Waals surface area (Å²) >= 11 is 0. The summed E-state index contributed by atoms with van der Waals surface area (Å²) in [5.74, 6) is 0. The van der Waals surface area contributed by atoms with Gasteiger partial charge in [-0.15, -0.1) is 0 Å². The van der Waals surface area contributed by atoms with Crippen LogP contribution in [0.4, 0.5) is 0 Å². The van der Waals surface area contributed by atoms with E-state index in [4.69, 9.17) is 0 Å². The zero-order chi connectivity index (χ0) is 22.3. The third-order valence-corrected chi connectivity index (χ3v) is 6.91. The third kappa shape index (κ3) is 21.2. The van der Waals surface area contributed by atoms with Crippen molar-refractivity contribution >= 4 is 0 Å². The predicted molar refractivity (Wildman–Crippen MR) is 137 cm³/mol. The van der Waals surface area contributed by atoms with E-state index in [0.717, 1.165) is 12.8 Å². The SMILES string of the molecule is CCCCCCCCCCCCCC(CCCCCCCCCCCC)[N+](C)(C)[O-]. The van der Waals surface area contributed by atoms with Crippen molar-refractivity contribution in [1.82, 2.24) is 0 Å². The summed E-state index contributed by atoms with van der Waals surface area (Å²) in [7, 11) is 3.72. The first-order chi connectivity index (χ1) is 14.5. The Morgan fingerprint density at radius 1 is 0.433 bits per heavy atom. The Morgan fingerprint density at radius 3 is 0.900 bits per heavy atom. The molecule has 0 N–H and O–H groups in total. The average Bonchev–Trinajstić information content (AvgIpc) is 2.70.